The second-order valence-corrected chi connectivity index (χ2v) is 6.30. The Balaban J connectivity index is 2.31. The van der Waals surface area contributed by atoms with Gasteiger partial charge in [-0.05, 0) is 51.0 Å². The number of carbonyl (C=O) groups excluding carboxylic acids is 2. The van der Waals surface area contributed by atoms with Crippen molar-refractivity contribution in [2.75, 3.05) is 11.9 Å². The highest BCUT2D eigenvalue weighted by Crippen LogP contribution is 2.25. The van der Waals surface area contributed by atoms with Crippen molar-refractivity contribution in [2.24, 2.45) is 0 Å². The lowest BCUT2D eigenvalue weighted by molar-refractivity contribution is -0.116. The van der Waals surface area contributed by atoms with Gasteiger partial charge in [-0.3, -0.25) is 9.59 Å². The molecule has 0 atom stereocenters. The van der Waals surface area contributed by atoms with E-state index in [9.17, 15) is 9.59 Å². The van der Waals surface area contributed by atoms with Gasteiger partial charge in [-0.15, -0.1) is 6.58 Å². The zero-order chi connectivity index (χ0) is 15.6. The van der Waals surface area contributed by atoms with Crippen LogP contribution in [0, 0.1) is 0 Å². The Morgan fingerprint density at radius 2 is 2.10 bits per heavy atom. The first-order chi connectivity index (χ1) is 9.82. The average Bonchev–Trinajstić information content (AvgIpc) is 2.42. The second-order valence-electron chi connectivity index (χ2n) is 6.30. The summed E-state index contributed by atoms with van der Waals surface area (Å²) in [4.78, 5) is 25.9. The molecule has 4 nitrogen and oxygen atoms in total. The van der Waals surface area contributed by atoms with E-state index in [0.717, 1.165) is 11.3 Å². The Morgan fingerprint density at radius 1 is 1.38 bits per heavy atom. The normalized spacial score (nSPS) is 14.1. The molecule has 0 saturated heterocycles. The molecule has 0 aliphatic carbocycles. The lowest BCUT2D eigenvalue weighted by Gasteiger charge is -2.35. The van der Waals surface area contributed by atoms with Crippen LogP contribution in [0.1, 0.15) is 43.1 Å². The third-order valence-electron chi connectivity index (χ3n) is 3.61. The Kier molecular flexibility index (Phi) is 4.16. The van der Waals surface area contributed by atoms with Crippen LogP contribution in [0.5, 0.6) is 0 Å². The lowest BCUT2D eigenvalue weighted by atomic mass is 9.98. The van der Waals surface area contributed by atoms with E-state index < -0.39 is 0 Å². The maximum Gasteiger partial charge on any atom is 0.254 e. The molecule has 1 aromatic carbocycles. The van der Waals surface area contributed by atoms with E-state index in [4.69, 9.17) is 0 Å². The maximum atomic E-state index is 12.7. The van der Waals surface area contributed by atoms with Crippen molar-refractivity contribution in [3.05, 3.63) is 42.0 Å². The smallest absolute Gasteiger partial charge is 0.254 e. The molecule has 4 heteroatoms. The first kappa shape index (κ1) is 15.3. The summed E-state index contributed by atoms with van der Waals surface area (Å²) in [5, 5.41) is 2.83. The van der Waals surface area contributed by atoms with Crippen LogP contribution >= 0.6 is 0 Å². The monoisotopic (exact) mass is 286 g/mol. The quantitative estimate of drug-likeness (QED) is 0.868. The number of fused-ring (bicyclic) bond motifs is 1. The highest BCUT2D eigenvalue weighted by Gasteiger charge is 2.27. The number of amides is 2. The van der Waals surface area contributed by atoms with Crippen molar-refractivity contribution in [1.82, 2.24) is 4.90 Å². The number of nitrogens with one attached hydrogen (secondary N) is 1. The molecule has 0 bridgehead atoms. The molecule has 1 N–H and O–H groups in total. The molecule has 0 spiro atoms. The molecule has 2 rings (SSSR count). The Bertz CT molecular complexity index is 585. The van der Waals surface area contributed by atoms with Crippen LogP contribution in [0.2, 0.25) is 0 Å². The second kappa shape index (κ2) is 5.72. The number of anilines is 1. The largest absolute Gasteiger partial charge is 0.330 e. The molecule has 2 amide bonds. The summed E-state index contributed by atoms with van der Waals surface area (Å²) in [6.45, 7) is 10.3. The van der Waals surface area contributed by atoms with Gasteiger partial charge in [0.25, 0.3) is 5.91 Å². The van der Waals surface area contributed by atoms with Crippen molar-refractivity contribution in [2.45, 2.75) is 39.2 Å². The summed E-state index contributed by atoms with van der Waals surface area (Å²) >= 11 is 0. The van der Waals surface area contributed by atoms with Gasteiger partial charge < -0.3 is 10.2 Å². The average molecular weight is 286 g/mol. The zero-order valence-electron chi connectivity index (χ0n) is 12.9. The number of rotatable bonds is 3. The first-order valence-electron chi connectivity index (χ1n) is 7.18. The van der Waals surface area contributed by atoms with Crippen molar-refractivity contribution in [1.29, 1.82) is 0 Å². The van der Waals surface area contributed by atoms with Crippen molar-refractivity contribution >= 4 is 17.5 Å². The van der Waals surface area contributed by atoms with Gasteiger partial charge in [0, 0.05) is 29.8 Å². The molecular formula is C17H22N2O2. The highest BCUT2D eigenvalue weighted by atomic mass is 16.2. The lowest BCUT2D eigenvalue weighted by Crippen LogP contribution is -2.45. The number of benzene rings is 1. The summed E-state index contributed by atoms with van der Waals surface area (Å²) < 4.78 is 0. The van der Waals surface area contributed by atoms with Crippen molar-refractivity contribution in [3.8, 4) is 0 Å². The molecule has 1 aromatic rings. The molecule has 1 aliphatic heterocycles. The molecular weight excluding hydrogens is 264 g/mol. The summed E-state index contributed by atoms with van der Waals surface area (Å²) in [5.41, 5.74) is 2.22. The fourth-order valence-corrected chi connectivity index (χ4v) is 2.46. The topological polar surface area (TPSA) is 49.4 Å². The standard InChI is InChI=1S/C17H22N2O2/c1-5-10-19(17(2,3)4)16(21)13-6-8-14-12(11-13)7-9-15(20)18-14/h5-6,8,11H,1,7,9-10H2,2-4H3,(H,18,20). The molecule has 0 fully saturated rings. The van der Waals surface area contributed by atoms with E-state index in [-0.39, 0.29) is 17.4 Å². The SMILES string of the molecule is C=CCN(C(=O)c1ccc2c(c1)CCC(=O)N2)C(C)(C)C. The predicted molar refractivity (Wildman–Crippen MR) is 84.4 cm³/mol. The summed E-state index contributed by atoms with van der Waals surface area (Å²) in [6.07, 6.45) is 2.89. The third-order valence-corrected chi connectivity index (χ3v) is 3.61. The predicted octanol–water partition coefficient (Wildman–Crippen LogP) is 3.00. The van der Waals surface area contributed by atoms with Gasteiger partial charge in [0.1, 0.15) is 0 Å². The zero-order valence-corrected chi connectivity index (χ0v) is 12.9. The number of hydrogen-bond acceptors (Lipinski definition) is 2. The third kappa shape index (κ3) is 3.32. The van der Waals surface area contributed by atoms with Crippen molar-refractivity contribution < 1.29 is 9.59 Å². The van der Waals surface area contributed by atoms with Gasteiger partial charge in [-0.25, -0.2) is 0 Å². The Hall–Kier alpha value is -2.10. The highest BCUT2D eigenvalue weighted by molar-refractivity contribution is 5.98. The molecule has 1 heterocycles. The number of nitrogens with zero attached hydrogens (tertiary/aromatic N) is 1. The van der Waals surface area contributed by atoms with Crippen LogP contribution < -0.4 is 5.32 Å². The van der Waals surface area contributed by atoms with Gasteiger partial charge in [0.05, 0.1) is 0 Å². The van der Waals surface area contributed by atoms with Crippen LogP contribution in [0.25, 0.3) is 0 Å². The molecule has 112 valence electrons. The van der Waals surface area contributed by atoms with E-state index in [0.29, 0.717) is 24.9 Å². The minimum absolute atomic E-state index is 0.0119. The van der Waals surface area contributed by atoms with Gasteiger partial charge in [-0.1, -0.05) is 6.08 Å². The molecule has 21 heavy (non-hydrogen) atoms. The maximum absolute atomic E-state index is 12.7. The first-order valence-corrected chi connectivity index (χ1v) is 7.18. The van der Waals surface area contributed by atoms with E-state index >= 15 is 0 Å². The summed E-state index contributed by atoms with van der Waals surface area (Å²) in [5.74, 6) is 0.0200. The van der Waals surface area contributed by atoms with E-state index in [1.807, 2.05) is 32.9 Å². The Labute approximate surface area is 125 Å². The van der Waals surface area contributed by atoms with Crippen LogP contribution in [0.3, 0.4) is 0 Å². The fraction of sp³-hybridized carbons (Fsp3) is 0.412. The van der Waals surface area contributed by atoms with Crippen LogP contribution in [0.4, 0.5) is 5.69 Å². The molecule has 0 aromatic heterocycles. The minimum atomic E-state index is -0.268. The van der Waals surface area contributed by atoms with Gasteiger partial charge >= 0.3 is 0 Å². The summed E-state index contributed by atoms with van der Waals surface area (Å²) in [6, 6.07) is 5.47. The molecule has 0 saturated carbocycles. The van der Waals surface area contributed by atoms with Crippen molar-refractivity contribution in [3.63, 3.8) is 0 Å². The summed E-state index contributed by atoms with van der Waals surface area (Å²) in [7, 11) is 0. The molecule has 0 radical (unpaired) electrons. The fourth-order valence-electron chi connectivity index (χ4n) is 2.46. The van der Waals surface area contributed by atoms with Gasteiger partial charge in [0.2, 0.25) is 5.91 Å². The van der Waals surface area contributed by atoms with Crippen LogP contribution in [-0.2, 0) is 11.2 Å². The van der Waals surface area contributed by atoms with E-state index in [1.165, 1.54) is 0 Å². The number of aryl methyl sites for hydroxylation is 1. The minimum Gasteiger partial charge on any atom is -0.330 e. The van der Waals surface area contributed by atoms with Crippen LogP contribution in [-0.4, -0.2) is 28.8 Å². The van der Waals surface area contributed by atoms with E-state index in [1.54, 1.807) is 17.0 Å². The van der Waals surface area contributed by atoms with Crippen LogP contribution in [0.15, 0.2) is 30.9 Å². The molecule has 0 unspecified atom stereocenters. The van der Waals surface area contributed by atoms with E-state index in [2.05, 4.69) is 11.9 Å². The molecule has 1 aliphatic rings. The van der Waals surface area contributed by atoms with Gasteiger partial charge in [0.15, 0.2) is 0 Å². The Morgan fingerprint density at radius 3 is 2.71 bits per heavy atom. The number of hydrogen-bond donors (Lipinski definition) is 1. The number of carbonyl (C=O) groups is 2. The van der Waals surface area contributed by atoms with Gasteiger partial charge in [-0.2, -0.15) is 0 Å².